The number of carbonyl (C=O) groups is 7. The van der Waals surface area contributed by atoms with Crippen molar-refractivity contribution >= 4 is 47.3 Å². The number of phenols is 1. The number of carboxylic acid groups (broad SMARTS) is 1. The Morgan fingerprint density at radius 2 is 1.41 bits per heavy atom. The van der Waals surface area contributed by atoms with Crippen LogP contribution in [0.2, 0.25) is 0 Å². The molecule has 0 radical (unpaired) electrons. The molecule has 0 bridgehead atoms. The Hall–Kier alpha value is -5.30. The molecule has 4 amide bonds. The molecule has 1 aromatic rings. The molecule has 5 atom stereocenters. The van der Waals surface area contributed by atoms with Crippen molar-refractivity contribution in [3.05, 3.63) is 29.8 Å². The number of amides is 4. The third kappa shape index (κ3) is 19.9. The highest BCUT2D eigenvalue weighted by molar-refractivity contribution is 6.01. The van der Waals surface area contributed by atoms with Gasteiger partial charge in [-0.15, -0.1) is 0 Å². The van der Waals surface area contributed by atoms with Crippen molar-refractivity contribution in [2.24, 2.45) is 23.1 Å². The Bertz CT molecular complexity index is 1460. The summed E-state index contributed by atoms with van der Waals surface area (Å²) in [6.45, 7) is 5.91. The lowest BCUT2D eigenvalue weighted by molar-refractivity contribution is -0.147. The van der Waals surface area contributed by atoms with E-state index < -0.39 is 90.3 Å². The van der Waals surface area contributed by atoms with Crippen molar-refractivity contribution in [2.75, 3.05) is 19.7 Å². The zero-order chi connectivity index (χ0) is 42.2. The minimum Gasteiger partial charge on any atom is -0.508 e. The van der Waals surface area contributed by atoms with E-state index in [0.717, 1.165) is 6.42 Å². The third-order valence-corrected chi connectivity index (χ3v) is 8.61. The van der Waals surface area contributed by atoms with Crippen molar-refractivity contribution in [2.45, 2.75) is 122 Å². The molecule has 19 nitrogen and oxygen atoms in total. The highest BCUT2D eigenvalue weighted by Crippen LogP contribution is 2.14. The lowest BCUT2D eigenvalue weighted by Gasteiger charge is -2.28. The molecule has 0 aliphatic carbocycles. The maximum atomic E-state index is 13.7. The molecule has 314 valence electrons. The van der Waals surface area contributed by atoms with Gasteiger partial charge in [-0.05, 0) is 81.5 Å². The molecule has 19 heteroatoms. The Balaban J connectivity index is 3.23. The summed E-state index contributed by atoms with van der Waals surface area (Å²) in [6, 6.07) is -0.255. The van der Waals surface area contributed by atoms with Gasteiger partial charge in [-0.3, -0.25) is 39.0 Å². The average molecular weight is 792 g/mol. The molecule has 1 rings (SSSR count). The van der Waals surface area contributed by atoms with Gasteiger partial charge in [-0.2, -0.15) is 0 Å². The summed E-state index contributed by atoms with van der Waals surface area (Å²) in [5.41, 5.74) is 17.5. The van der Waals surface area contributed by atoms with Crippen LogP contribution in [0, 0.1) is 11.3 Å². The Labute approximate surface area is 327 Å². The number of rotatable bonds is 28. The number of ketones is 1. The van der Waals surface area contributed by atoms with E-state index in [0.29, 0.717) is 44.3 Å². The molecule has 0 saturated heterocycles. The minimum absolute atomic E-state index is 0.0182. The number of hydrogen-bond donors (Lipinski definition) is 11. The Kier molecular flexibility index (Phi) is 23.1. The molecule has 0 fully saturated rings. The second-order valence-corrected chi connectivity index (χ2v) is 13.8. The Morgan fingerprint density at radius 1 is 0.804 bits per heavy atom. The van der Waals surface area contributed by atoms with Gasteiger partial charge < -0.3 is 58.7 Å². The first-order valence-electron chi connectivity index (χ1n) is 18.9. The maximum absolute atomic E-state index is 13.7. The molecule has 0 aliphatic rings. The number of hydrogen-bond acceptors (Lipinski definition) is 12. The molecule has 0 spiro atoms. The third-order valence-electron chi connectivity index (χ3n) is 8.61. The van der Waals surface area contributed by atoms with Gasteiger partial charge >= 0.3 is 11.9 Å². The molecule has 0 heterocycles. The largest absolute Gasteiger partial charge is 0.508 e. The van der Waals surface area contributed by atoms with E-state index in [4.69, 9.17) is 27.3 Å². The SMILES string of the molecule is CCCCOC(=O)CC(=O)[C@H](Cc1ccc(O)cc1)NC(=O)[C@@H](NC(=O)[C@H](CCC(=O)O)NC(=O)[C@H](CCCCN)NC(=O)[C@@H](N)CCCNC(=N)N)C(C)C. The van der Waals surface area contributed by atoms with Crippen molar-refractivity contribution in [3.8, 4) is 5.75 Å². The number of unbranched alkanes of at least 4 members (excludes halogenated alkanes) is 2. The Morgan fingerprint density at radius 3 is 2.00 bits per heavy atom. The fraction of sp³-hybridized carbons (Fsp3) is 0.622. The fourth-order valence-corrected chi connectivity index (χ4v) is 5.34. The number of guanidine groups is 1. The van der Waals surface area contributed by atoms with E-state index in [-0.39, 0.29) is 44.0 Å². The van der Waals surface area contributed by atoms with E-state index in [2.05, 4.69) is 26.6 Å². The van der Waals surface area contributed by atoms with Gasteiger partial charge in [0.15, 0.2) is 11.7 Å². The summed E-state index contributed by atoms with van der Waals surface area (Å²) in [7, 11) is 0. The van der Waals surface area contributed by atoms with Gasteiger partial charge in [0.2, 0.25) is 23.6 Å². The predicted molar refractivity (Wildman–Crippen MR) is 207 cm³/mol. The number of carbonyl (C=O) groups excluding carboxylic acids is 6. The number of Topliss-reactive ketones (excluding diaryl/α,β-unsaturated/α-hetero) is 1. The zero-order valence-electron chi connectivity index (χ0n) is 32.6. The summed E-state index contributed by atoms with van der Waals surface area (Å²) in [4.78, 5) is 91.3. The van der Waals surface area contributed by atoms with Crippen LogP contribution >= 0.6 is 0 Å². The van der Waals surface area contributed by atoms with Gasteiger partial charge in [-0.25, -0.2) is 0 Å². The molecule has 0 aliphatic heterocycles. The maximum Gasteiger partial charge on any atom is 0.313 e. The van der Waals surface area contributed by atoms with Crippen LogP contribution in [0.3, 0.4) is 0 Å². The standard InChI is InChI=1S/C37H61N9O10/c1-4-5-19-56-31(51)21-29(48)28(20-23-11-13-24(47)14-12-23)45-36(55)32(22(2)3)46-35(54)27(15-16-30(49)50)44-34(53)26(10-6-7-17-38)43-33(52)25(39)9-8-18-42-37(40)41/h11-14,22,25-28,32,47H,4-10,15-21,38-39H2,1-3H3,(H,43,52)(H,44,53)(H,45,55)(H,46,54)(H,49,50)(H4,40,41,42)/t25-,26-,27-,28-,32-/m0/s1. The van der Waals surface area contributed by atoms with Crippen LogP contribution in [0.4, 0.5) is 0 Å². The first-order chi connectivity index (χ1) is 26.5. The van der Waals surface area contributed by atoms with E-state index in [1.54, 1.807) is 26.0 Å². The number of nitrogens with two attached hydrogens (primary N) is 3. The lowest BCUT2D eigenvalue weighted by atomic mass is 9.97. The van der Waals surface area contributed by atoms with E-state index in [1.165, 1.54) is 12.1 Å². The molecule has 14 N–H and O–H groups in total. The van der Waals surface area contributed by atoms with Gasteiger partial charge in [0, 0.05) is 13.0 Å². The minimum atomic E-state index is -1.46. The molecule has 0 unspecified atom stereocenters. The normalized spacial score (nSPS) is 13.6. The predicted octanol–water partition coefficient (Wildman–Crippen LogP) is -0.583. The number of phenolic OH excluding ortho intramolecular Hbond substituents is 1. The molecular formula is C37H61N9O10. The van der Waals surface area contributed by atoms with E-state index >= 15 is 0 Å². The van der Waals surface area contributed by atoms with Crippen LogP contribution in [0.5, 0.6) is 5.75 Å². The monoisotopic (exact) mass is 791 g/mol. The highest BCUT2D eigenvalue weighted by atomic mass is 16.5. The van der Waals surface area contributed by atoms with Crippen LogP contribution in [0.1, 0.15) is 90.5 Å². The number of ether oxygens (including phenoxy) is 1. The number of benzene rings is 1. The van der Waals surface area contributed by atoms with Crippen molar-refractivity contribution in [1.82, 2.24) is 26.6 Å². The van der Waals surface area contributed by atoms with Crippen LogP contribution in [0.15, 0.2) is 24.3 Å². The number of nitrogens with one attached hydrogen (secondary N) is 6. The van der Waals surface area contributed by atoms with Gasteiger partial charge in [-0.1, -0.05) is 39.3 Å². The number of aromatic hydroxyl groups is 1. The van der Waals surface area contributed by atoms with E-state index in [1.807, 2.05) is 6.92 Å². The van der Waals surface area contributed by atoms with E-state index in [9.17, 15) is 43.8 Å². The summed E-state index contributed by atoms with van der Waals surface area (Å²) in [6.07, 6.45) is 1.48. The number of aliphatic carboxylic acids is 1. The van der Waals surface area contributed by atoms with Crippen LogP contribution in [-0.4, -0.2) is 107 Å². The molecule has 1 aromatic carbocycles. The smallest absolute Gasteiger partial charge is 0.313 e. The quantitative estimate of drug-likeness (QED) is 0.0166. The topological polar surface area (TPSA) is 331 Å². The summed E-state index contributed by atoms with van der Waals surface area (Å²) < 4.78 is 5.13. The number of carboxylic acids is 1. The summed E-state index contributed by atoms with van der Waals surface area (Å²) in [5, 5.41) is 39.3. The summed E-state index contributed by atoms with van der Waals surface area (Å²) in [5.74, 6) is -6.60. The van der Waals surface area contributed by atoms with Crippen molar-refractivity contribution < 1.29 is 48.5 Å². The highest BCUT2D eigenvalue weighted by Gasteiger charge is 2.34. The fourth-order valence-electron chi connectivity index (χ4n) is 5.34. The average Bonchev–Trinajstić information content (AvgIpc) is 3.13. The first kappa shape index (κ1) is 48.7. The van der Waals surface area contributed by atoms with Crippen LogP contribution in [0.25, 0.3) is 0 Å². The second kappa shape index (κ2) is 26.5. The molecular weight excluding hydrogens is 730 g/mol. The van der Waals surface area contributed by atoms with Crippen molar-refractivity contribution in [1.29, 1.82) is 5.41 Å². The van der Waals surface area contributed by atoms with Gasteiger partial charge in [0.25, 0.3) is 0 Å². The summed E-state index contributed by atoms with van der Waals surface area (Å²) >= 11 is 0. The lowest BCUT2D eigenvalue weighted by Crippen LogP contribution is -2.59. The molecule has 0 saturated carbocycles. The second-order valence-electron chi connectivity index (χ2n) is 13.8. The van der Waals surface area contributed by atoms with Gasteiger partial charge in [0.05, 0.1) is 18.7 Å². The van der Waals surface area contributed by atoms with Crippen LogP contribution in [-0.2, 0) is 44.7 Å². The zero-order valence-corrected chi connectivity index (χ0v) is 32.6. The molecule has 0 aromatic heterocycles. The van der Waals surface area contributed by atoms with Crippen LogP contribution < -0.4 is 43.8 Å². The first-order valence-corrected chi connectivity index (χ1v) is 18.9. The molecule has 56 heavy (non-hydrogen) atoms. The number of esters is 1. The van der Waals surface area contributed by atoms with Crippen molar-refractivity contribution in [3.63, 3.8) is 0 Å². The van der Waals surface area contributed by atoms with Gasteiger partial charge in [0.1, 0.15) is 30.3 Å².